The van der Waals surface area contributed by atoms with E-state index < -0.39 is 5.97 Å². The second-order valence-electron chi connectivity index (χ2n) is 6.43. The first-order chi connectivity index (χ1) is 12.7. The van der Waals surface area contributed by atoms with Crippen LogP contribution in [0.15, 0.2) is 54.6 Å². The summed E-state index contributed by atoms with van der Waals surface area (Å²) in [6.07, 6.45) is 4.28. The van der Waals surface area contributed by atoms with Gasteiger partial charge in [-0.3, -0.25) is 4.79 Å². The van der Waals surface area contributed by atoms with Crippen molar-refractivity contribution in [3.63, 3.8) is 0 Å². The number of nitrogens with one attached hydrogen (secondary N) is 1. The minimum atomic E-state index is -0.531. The van der Waals surface area contributed by atoms with Crippen molar-refractivity contribution < 1.29 is 19.1 Å². The summed E-state index contributed by atoms with van der Waals surface area (Å²) in [4.78, 5) is 24.0. The molecular formula is C21H23NO4. The number of carbonyl (C=O) groups is 2. The summed E-state index contributed by atoms with van der Waals surface area (Å²) in [7, 11) is 0. The molecule has 0 spiro atoms. The highest BCUT2D eigenvalue weighted by Crippen LogP contribution is 2.18. The quantitative estimate of drug-likeness (QED) is 0.774. The predicted molar refractivity (Wildman–Crippen MR) is 97.9 cm³/mol. The van der Waals surface area contributed by atoms with Gasteiger partial charge < -0.3 is 14.8 Å². The zero-order chi connectivity index (χ0) is 18.2. The van der Waals surface area contributed by atoms with E-state index in [1.807, 2.05) is 30.3 Å². The van der Waals surface area contributed by atoms with Crippen LogP contribution in [0.5, 0.6) is 5.75 Å². The van der Waals surface area contributed by atoms with Crippen LogP contribution in [0.3, 0.4) is 0 Å². The molecular weight excluding hydrogens is 330 g/mol. The van der Waals surface area contributed by atoms with Crippen LogP contribution in [0.2, 0.25) is 0 Å². The number of benzene rings is 2. The second kappa shape index (κ2) is 9.04. The van der Waals surface area contributed by atoms with Crippen LogP contribution in [0.25, 0.3) is 0 Å². The first kappa shape index (κ1) is 18.0. The monoisotopic (exact) mass is 353 g/mol. The van der Waals surface area contributed by atoms with Gasteiger partial charge in [0.15, 0.2) is 6.61 Å². The molecule has 0 heterocycles. The maximum absolute atomic E-state index is 12.2. The molecule has 2 aromatic rings. The Labute approximate surface area is 153 Å². The number of hydrogen-bond acceptors (Lipinski definition) is 4. The van der Waals surface area contributed by atoms with Crippen molar-refractivity contribution in [3.8, 4) is 5.75 Å². The summed E-state index contributed by atoms with van der Waals surface area (Å²) >= 11 is 0. The van der Waals surface area contributed by atoms with E-state index in [0.29, 0.717) is 17.9 Å². The molecule has 5 nitrogen and oxygen atoms in total. The molecule has 1 saturated carbocycles. The normalized spacial score (nSPS) is 14.0. The van der Waals surface area contributed by atoms with Crippen LogP contribution in [0, 0.1) is 0 Å². The summed E-state index contributed by atoms with van der Waals surface area (Å²) in [5.41, 5.74) is 1.41. The second-order valence-corrected chi connectivity index (χ2v) is 6.43. The molecule has 3 rings (SSSR count). The molecule has 1 fully saturated rings. The number of hydrogen-bond donors (Lipinski definition) is 1. The zero-order valence-electron chi connectivity index (χ0n) is 14.6. The third kappa shape index (κ3) is 5.34. The highest BCUT2D eigenvalue weighted by molar-refractivity contribution is 5.91. The molecule has 0 saturated heterocycles. The Morgan fingerprint density at radius 3 is 2.54 bits per heavy atom. The van der Waals surface area contributed by atoms with Gasteiger partial charge in [0.05, 0.1) is 5.56 Å². The Kier molecular flexibility index (Phi) is 6.25. The van der Waals surface area contributed by atoms with Crippen LogP contribution >= 0.6 is 0 Å². The third-order valence-corrected chi connectivity index (χ3v) is 4.37. The summed E-state index contributed by atoms with van der Waals surface area (Å²) in [5, 5.41) is 2.89. The van der Waals surface area contributed by atoms with Gasteiger partial charge in [0.1, 0.15) is 12.4 Å². The van der Waals surface area contributed by atoms with E-state index >= 15 is 0 Å². The summed E-state index contributed by atoms with van der Waals surface area (Å²) in [6, 6.07) is 16.8. The van der Waals surface area contributed by atoms with Crippen LogP contribution in [0.1, 0.15) is 41.6 Å². The maximum Gasteiger partial charge on any atom is 0.338 e. The molecule has 0 aromatic heterocycles. The van der Waals surface area contributed by atoms with Crippen LogP contribution in [-0.2, 0) is 16.1 Å². The van der Waals surface area contributed by atoms with Crippen molar-refractivity contribution in [2.45, 2.75) is 38.3 Å². The first-order valence-corrected chi connectivity index (χ1v) is 8.94. The van der Waals surface area contributed by atoms with E-state index in [0.717, 1.165) is 31.2 Å². The van der Waals surface area contributed by atoms with E-state index in [-0.39, 0.29) is 18.6 Å². The molecule has 1 amide bonds. The Bertz CT molecular complexity index is 739. The zero-order valence-corrected chi connectivity index (χ0v) is 14.6. The molecule has 26 heavy (non-hydrogen) atoms. The van der Waals surface area contributed by atoms with Crippen molar-refractivity contribution >= 4 is 11.9 Å². The molecule has 0 bridgehead atoms. The predicted octanol–water partition coefficient (Wildman–Crippen LogP) is 3.48. The lowest BCUT2D eigenvalue weighted by atomic mass is 10.2. The molecule has 2 aromatic carbocycles. The lowest BCUT2D eigenvalue weighted by Crippen LogP contribution is -2.35. The number of carbonyl (C=O) groups excluding carboxylic acids is 2. The molecule has 5 heteroatoms. The average molecular weight is 353 g/mol. The molecule has 1 aliphatic rings. The van der Waals surface area contributed by atoms with E-state index in [2.05, 4.69) is 5.32 Å². The Hall–Kier alpha value is -2.82. The van der Waals surface area contributed by atoms with E-state index in [9.17, 15) is 9.59 Å². The molecule has 0 unspecified atom stereocenters. The van der Waals surface area contributed by atoms with Crippen LogP contribution < -0.4 is 10.1 Å². The lowest BCUT2D eigenvalue weighted by molar-refractivity contribution is -0.124. The third-order valence-electron chi connectivity index (χ3n) is 4.37. The average Bonchev–Trinajstić information content (AvgIpc) is 3.18. The van der Waals surface area contributed by atoms with Crippen molar-refractivity contribution in [2.24, 2.45) is 0 Å². The Morgan fingerprint density at radius 2 is 1.77 bits per heavy atom. The molecule has 1 aliphatic carbocycles. The lowest BCUT2D eigenvalue weighted by Gasteiger charge is -2.12. The van der Waals surface area contributed by atoms with Crippen LogP contribution in [-0.4, -0.2) is 24.5 Å². The van der Waals surface area contributed by atoms with Gasteiger partial charge in [-0.1, -0.05) is 49.2 Å². The van der Waals surface area contributed by atoms with Gasteiger partial charge in [-0.2, -0.15) is 0 Å². The minimum absolute atomic E-state index is 0.218. The van der Waals surface area contributed by atoms with Gasteiger partial charge in [0, 0.05) is 6.04 Å². The molecule has 0 radical (unpaired) electrons. The summed E-state index contributed by atoms with van der Waals surface area (Å²) in [6.45, 7) is 0.160. The fourth-order valence-corrected chi connectivity index (χ4v) is 3.01. The Morgan fingerprint density at radius 1 is 1.00 bits per heavy atom. The van der Waals surface area contributed by atoms with Gasteiger partial charge in [0.25, 0.3) is 5.91 Å². The number of amides is 1. The van der Waals surface area contributed by atoms with E-state index in [1.54, 1.807) is 24.3 Å². The number of ether oxygens (including phenoxy) is 2. The van der Waals surface area contributed by atoms with Gasteiger partial charge in [-0.05, 0) is 36.6 Å². The SMILES string of the molecule is O=C(COC(=O)c1cccc(OCc2ccccc2)c1)NC1CCCC1. The van der Waals surface area contributed by atoms with Gasteiger partial charge in [-0.25, -0.2) is 4.79 Å². The van der Waals surface area contributed by atoms with Crippen molar-refractivity contribution in [3.05, 3.63) is 65.7 Å². The molecule has 1 N–H and O–H groups in total. The van der Waals surface area contributed by atoms with Crippen molar-refractivity contribution in [1.29, 1.82) is 0 Å². The molecule has 136 valence electrons. The first-order valence-electron chi connectivity index (χ1n) is 8.94. The van der Waals surface area contributed by atoms with E-state index in [4.69, 9.17) is 9.47 Å². The highest BCUT2D eigenvalue weighted by atomic mass is 16.5. The van der Waals surface area contributed by atoms with Gasteiger partial charge >= 0.3 is 5.97 Å². The highest BCUT2D eigenvalue weighted by Gasteiger charge is 2.18. The van der Waals surface area contributed by atoms with Gasteiger partial charge in [0.2, 0.25) is 0 Å². The number of rotatable bonds is 7. The largest absolute Gasteiger partial charge is 0.489 e. The van der Waals surface area contributed by atoms with Crippen molar-refractivity contribution in [2.75, 3.05) is 6.61 Å². The summed E-state index contributed by atoms with van der Waals surface area (Å²) < 4.78 is 10.8. The minimum Gasteiger partial charge on any atom is -0.489 e. The van der Waals surface area contributed by atoms with E-state index in [1.165, 1.54) is 0 Å². The smallest absolute Gasteiger partial charge is 0.338 e. The standard InChI is InChI=1S/C21H23NO4/c23-20(22-18-10-4-5-11-18)15-26-21(24)17-9-6-12-19(13-17)25-14-16-7-2-1-3-8-16/h1-3,6-9,12-13,18H,4-5,10-11,14-15H2,(H,22,23). The maximum atomic E-state index is 12.2. The fraction of sp³-hybridized carbons (Fsp3) is 0.333. The van der Waals surface area contributed by atoms with Crippen molar-refractivity contribution in [1.82, 2.24) is 5.32 Å². The fourth-order valence-electron chi connectivity index (χ4n) is 3.01. The molecule has 0 atom stereocenters. The number of esters is 1. The topological polar surface area (TPSA) is 64.6 Å². The molecule has 0 aliphatic heterocycles. The van der Waals surface area contributed by atoms with Gasteiger partial charge in [-0.15, -0.1) is 0 Å². The summed E-state index contributed by atoms with van der Waals surface area (Å²) in [5.74, 6) is -0.197. The Balaban J connectivity index is 1.48. The van der Waals surface area contributed by atoms with Crippen LogP contribution in [0.4, 0.5) is 0 Å².